The third-order valence-corrected chi connectivity index (χ3v) is 9.67. The number of aliphatic hydroxyl groups excluding tert-OH is 1. The molecule has 1 unspecified atom stereocenters. The lowest BCUT2D eigenvalue weighted by Crippen LogP contribution is -2.41. The largest absolute Gasteiger partial charge is 0.493 e. The van der Waals surface area contributed by atoms with Crippen molar-refractivity contribution in [3.8, 4) is 23.0 Å². The maximum atomic E-state index is 15.7. The first-order valence-corrected chi connectivity index (χ1v) is 15.9. The third kappa shape index (κ3) is 5.85. The fraction of sp³-hybridized carbons (Fsp3) is 0.361. The molecule has 1 aliphatic heterocycles. The molecule has 1 spiro atoms. The molecule has 244 valence electrons. The molecule has 10 nitrogen and oxygen atoms in total. The van der Waals surface area contributed by atoms with Gasteiger partial charge in [0.15, 0.2) is 23.1 Å². The Hall–Kier alpha value is -4.74. The number of nitrogens with zero attached hydrogens (tertiary/aromatic N) is 3. The molecule has 2 saturated carbocycles. The zero-order valence-corrected chi connectivity index (χ0v) is 26.2. The number of anilines is 2. The number of pyridine rings is 1. The van der Waals surface area contributed by atoms with Gasteiger partial charge in [-0.25, -0.2) is 4.39 Å². The average molecular weight is 641 g/mol. The number of rotatable bonds is 12. The number of benzene rings is 3. The Morgan fingerprint density at radius 2 is 1.79 bits per heavy atom. The minimum absolute atomic E-state index is 0.0583. The monoisotopic (exact) mass is 640 g/mol. The van der Waals surface area contributed by atoms with Gasteiger partial charge in [0.05, 0.1) is 31.0 Å². The van der Waals surface area contributed by atoms with Gasteiger partial charge >= 0.3 is 0 Å². The molecule has 3 fully saturated rings. The maximum Gasteiger partial charge on any atom is 0.247 e. The van der Waals surface area contributed by atoms with Crippen LogP contribution in [0.1, 0.15) is 32.1 Å². The molecular weight excluding hydrogens is 603 g/mol. The number of likely N-dealkylation sites (tertiary alicyclic amines) is 1. The number of aliphatic hydroxyl groups is 1. The molecule has 0 radical (unpaired) electrons. The topological polar surface area (TPSA) is 127 Å². The van der Waals surface area contributed by atoms with E-state index in [1.54, 1.807) is 67.9 Å². The van der Waals surface area contributed by atoms with Crippen molar-refractivity contribution in [1.82, 2.24) is 9.88 Å². The first-order valence-electron chi connectivity index (χ1n) is 15.9. The second-order valence-electron chi connectivity index (χ2n) is 12.8. The summed E-state index contributed by atoms with van der Waals surface area (Å²) < 4.78 is 33.4. The summed E-state index contributed by atoms with van der Waals surface area (Å²) in [5.41, 5.74) is 5.75. The number of carbonyl (C=O) groups excluding carboxylic acids is 2. The number of fused-ring (bicyclic) bond motifs is 1. The van der Waals surface area contributed by atoms with Gasteiger partial charge in [0.25, 0.3) is 0 Å². The van der Waals surface area contributed by atoms with Crippen LogP contribution in [0, 0.1) is 16.6 Å². The molecule has 1 saturated heterocycles. The molecular formula is C36H37FN4O6. The number of halogens is 1. The van der Waals surface area contributed by atoms with Crippen LogP contribution >= 0.6 is 0 Å². The van der Waals surface area contributed by atoms with Crippen molar-refractivity contribution in [2.24, 2.45) is 16.6 Å². The second kappa shape index (κ2) is 12.1. The Kier molecular flexibility index (Phi) is 7.97. The van der Waals surface area contributed by atoms with Crippen LogP contribution in [0.5, 0.6) is 23.0 Å². The standard InChI is InChI=1S/C36H37FN4O6/c1-45-30-19-25-27(20-31(30)46-17-5-16-40-21-32(42)35(22-40)11-12-35)39-15-10-28(25)47-29-9-8-24(18-26(29)37)41(23-6-3-2-4-7-23)34(44)36(13-14-36)33(38)43/h2-4,6-10,15,18-20,32,42H,5,11-14,16-17,21-22H2,1H3,(H2,38,43). The first-order chi connectivity index (χ1) is 22.7. The van der Waals surface area contributed by atoms with Crippen molar-refractivity contribution >= 4 is 34.1 Å². The van der Waals surface area contributed by atoms with E-state index in [-0.39, 0.29) is 23.0 Å². The molecule has 0 bridgehead atoms. The first kappa shape index (κ1) is 30.9. The lowest BCUT2D eigenvalue weighted by atomic mass is 10.0. The van der Waals surface area contributed by atoms with E-state index in [1.165, 1.54) is 17.0 Å². The molecule has 1 aromatic heterocycles. The summed E-state index contributed by atoms with van der Waals surface area (Å²) in [4.78, 5) is 33.9. The highest BCUT2D eigenvalue weighted by atomic mass is 19.1. The lowest BCUT2D eigenvalue weighted by Gasteiger charge is -2.26. The highest BCUT2D eigenvalue weighted by Crippen LogP contribution is 2.53. The third-order valence-electron chi connectivity index (χ3n) is 9.67. The Bertz CT molecular complexity index is 1830. The Balaban J connectivity index is 1.08. The smallest absolute Gasteiger partial charge is 0.247 e. The van der Waals surface area contributed by atoms with Gasteiger partial charge in [-0.2, -0.15) is 0 Å². The molecule has 11 heteroatoms. The molecule has 4 aromatic rings. The van der Waals surface area contributed by atoms with Gasteiger partial charge in [0.2, 0.25) is 11.8 Å². The highest BCUT2D eigenvalue weighted by molar-refractivity contribution is 6.16. The molecule has 2 heterocycles. The van der Waals surface area contributed by atoms with Crippen molar-refractivity contribution in [3.05, 3.63) is 78.7 Å². The number of carbonyl (C=O) groups is 2. The molecule has 3 aliphatic rings. The van der Waals surface area contributed by atoms with Gasteiger partial charge in [-0.1, -0.05) is 18.2 Å². The molecule has 1 atom stereocenters. The summed E-state index contributed by atoms with van der Waals surface area (Å²) in [6.07, 6.45) is 5.06. The summed E-state index contributed by atoms with van der Waals surface area (Å²) in [5, 5.41) is 10.9. The van der Waals surface area contributed by atoms with E-state index in [0.717, 1.165) is 32.4 Å². The van der Waals surface area contributed by atoms with Crippen LogP contribution in [0.15, 0.2) is 72.9 Å². The van der Waals surface area contributed by atoms with Crippen LogP contribution in [0.4, 0.5) is 15.8 Å². The van der Waals surface area contributed by atoms with E-state index in [2.05, 4.69) is 9.88 Å². The van der Waals surface area contributed by atoms with E-state index in [4.69, 9.17) is 19.9 Å². The Morgan fingerprint density at radius 1 is 1.00 bits per heavy atom. The van der Waals surface area contributed by atoms with Crippen molar-refractivity contribution in [2.45, 2.75) is 38.2 Å². The van der Waals surface area contributed by atoms with Gasteiger partial charge in [0.1, 0.15) is 11.2 Å². The molecule has 2 aliphatic carbocycles. The Morgan fingerprint density at radius 3 is 2.45 bits per heavy atom. The fourth-order valence-corrected chi connectivity index (χ4v) is 6.53. The number of ether oxygens (including phenoxy) is 3. The number of aromatic nitrogens is 1. The van der Waals surface area contributed by atoms with Crippen molar-refractivity contribution < 1.29 is 33.3 Å². The number of methoxy groups -OCH3 is 1. The number of hydrogen-bond donors (Lipinski definition) is 2. The minimum Gasteiger partial charge on any atom is -0.493 e. The SMILES string of the molecule is COc1cc2c(Oc3ccc(N(C(=O)C4(C(N)=O)CC4)c4ccccc4)cc3F)ccnc2cc1OCCCN1CC(O)C2(CC2)C1. The van der Waals surface area contributed by atoms with Crippen molar-refractivity contribution in [1.29, 1.82) is 0 Å². The number of β-amino-alcohol motifs (C(OH)–C–C–N with tert-alkyl or cyclic N) is 1. The normalized spacial score (nSPS) is 19.0. The minimum atomic E-state index is -1.30. The van der Waals surface area contributed by atoms with Crippen molar-refractivity contribution in [3.63, 3.8) is 0 Å². The molecule has 3 aromatic carbocycles. The van der Waals surface area contributed by atoms with E-state index < -0.39 is 23.0 Å². The van der Waals surface area contributed by atoms with E-state index >= 15 is 4.39 Å². The lowest BCUT2D eigenvalue weighted by molar-refractivity contribution is -0.133. The van der Waals surface area contributed by atoms with Gasteiger partial charge in [0, 0.05) is 54.5 Å². The van der Waals surface area contributed by atoms with Crippen LogP contribution in [0.3, 0.4) is 0 Å². The molecule has 7 rings (SSSR count). The van der Waals surface area contributed by atoms with Gasteiger partial charge in [-0.3, -0.25) is 24.4 Å². The summed E-state index contributed by atoms with van der Waals surface area (Å²) in [6.45, 7) is 2.98. The number of para-hydroxylation sites is 1. The van der Waals surface area contributed by atoms with Gasteiger partial charge in [-0.05, 0) is 68.5 Å². The quantitative estimate of drug-likeness (QED) is 0.157. The predicted octanol–water partition coefficient (Wildman–Crippen LogP) is 5.33. The van der Waals surface area contributed by atoms with Crippen molar-refractivity contribution in [2.75, 3.05) is 38.3 Å². The van der Waals surface area contributed by atoms with Gasteiger partial charge < -0.3 is 25.1 Å². The molecule has 2 amide bonds. The fourth-order valence-electron chi connectivity index (χ4n) is 6.53. The number of nitrogens with two attached hydrogens (primary N) is 1. The zero-order chi connectivity index (χ0) is 32.8. The van der Waals surface area contributed by atoms with Crippen LogP contribution < -0.4 is 24.8 Å². The van der Waals surface area contributed by atoms with E-state index in [0.29, 0.717) is 59.8 Å². The Labute approximate surface area is 271 Å². The maximum absolute atomic E-state index is 15.7. The molecule has 3 N–H and O–H groups in total. The van der Waals surface area contributed by atoms with Gasteiger partial charge in [-0.15, -0.1) is 0 Å². The number of hydrogen-bond acceptors (Lipinski definition) is 8. The molecule has 47 heavy (non-hydrogen) atoms. The summed E-state index contributed by atoms with van der Waals surface area (Å²) in [6, 6.07) is 18.1. The van der Waals surface area contributed by atoms with E-state index in [9.17, 15) is 14.7 Å². The summed E-state index contributed by atoms with van der Waals surface area (Å²) in [7, 11) is 1.55. The van der Waals surface area contributed by atoms with Crippen LogP contribution in [0.2, 0.25) is 0 Å². The zero-order valence-electron chi connectivity index (χ0n) is 26.2. The van der Waals surface area contributed by atoms with Crippen LogP contribution in [-0.2, 0) is 9.59 Å². The van der Waals surface area contributed by atoms with Crippen LogP contribution in [-0.4, -0.2) is 66.3 Å². The summed E-state index contributed by atoms with van der Waals surface area (Å²) in [5.74, 6) is -0.555. The summed E-state index contributed by atoms with van der Waals surface area (Å²) >= 11 is 0. The average Bonchev–Trinajstić information content (AvgIpc) is 4.00. The van der Waals surface area contributed by atoms with E-state index in [1.807, 2.05) is 0 Å². The predicted molar refractivity (Wildman–Crippen MR) is 173 cm³/mol. The second-order valence-corrected chi connectivity index (χ2v) is 12.8. The number of primary amides is 1. The number of amides is 2. The van der Waals surface area contributed by atoms with Crippen LogP contribution in [0.25, 0.3) is 10.9 Å². The highest BCUT2D eigenvalue weighted by Gasteiger charge is 2.57.